The molecule has 30 heavy (non-hydrogen) atoms. The van der Waals surface area contributed by atoms with E-state index >= 15 is 0 Å². The molecule has 9 heteroatoms. The van der Waals surface area contributed by atoms with Gasteiger partial charge in [0.1, 0.15) is 12.4 Å². The summed E-state index contributed by atoms with van der Waals surface area (Å²) < 4.78 is 0. The summed E-state index contributed by atoms with van der Waals surface area (Å²) in [6, 6.07) is 10.8. The first-order valence-electron chi connectivity index (χ1n) is 9.47. The molecule has 4 rings (SSSR count). The van der Waals surface area contributed by atoms with Gasteiger partial charge in [0.25, 0.3) is 0 Å². The Morgan fingerprint density at radius 2 is 1.77 bits per heavy atom. The minimum absolute atomic E-state index is 0.202. The van der Waals surface area contributed by atoms with Gasteiger partial charge in [-0.1, -0.05) is 18.2 Å². The number of hydrazine groups is 2. The van der Waals surface area contributed by atoms with E-state index in [1.54, 1.807) is 35.5 Å². The van der Waals surface area contributed by atoms with Gasteiger partial charge in [-0.05, 0) is 36.2 Å². The van der Waals surface area contributed by atoms with Gasteiger partial charge in [0.2, 0.25) is 0 Å². The third kappa shape index (κ3) is 4.76. The fourth-order valence-corrected chi connectivity index (χ4v) is 3.08. The molecule has 152 valence electrons. The minimum Gasteiger partial charge on any atom is -0.294 e. The van der Waals surface area contributed by atoms with Crippen LogP contribution < -0.4 is 5.53 Å². The summed E-state index contributed by atoms with van der Waals surface area (Å²) in [4.78, 5) is 30.6. The zero-order valence-corrected chi connectivity index (χ0v) is 16.5. The van der Waals surface area contributed by atoms with Crippen molar-refractivity contribution >= 4 is 11.6 Å². The van der Waals surface area contributed by atoms with Crippen LogP contribution in [0, 0.1) is 6.92 Å². The van der Waals surface area contributed by atoms with Crippen LogP contribution in [0.2, 0.25) is 0 Å². The number of carbonyl (C=O) groups excluding carboxylic acids is 2. The number of hydrogen-bond acceptors (Lipinski definition) is 8. The standard InChI is InChI=1S/C21H21N7O2/c1-16-5-6-22-19(11-16)21(30)13-20(29)18-4-2-3-17(12-18)14-26-9-10-27(25-26)15-28-23-7-8-24-28/h2-12,25H,13-15H2,1H3. The monoisotopic (exact) mass is 403 g/mol. The minimum atomic E-state index is -0.277. The summed E-state index contributed by atoms with van der Waals surface area (Å²) in [5.74, 6) is -0.498. The van der Waals surface area contributed by atoms with Gasteiger partial charge in [-0.25, -0.2) is 0 Å². The normalized spacial score (nSPS) is 13.1. The van der Waals surface area contributed by atoms with Crippen molar-refractivity contribution in [3.05, 3.63) is 89.8 Å². The summed E-state index contributed by atoms with van der Waals surface area (Å²) in [5, 5.41) is 11.9. The Morgan fingerprint density at radius 1 is 0.967 bits per heavy atom. The third-order valence-corrected chi connectivity index (χ3v) is 4.55. The lowest BCUT2D eigenvalue weighted by molar-refractivity contribution is 0.0890. The first-order chi connectivity index (χ1) is 14.6. The Bertz CT molecular complexity index is 1080. The Hall–Kier alpha value is -3.85. The zero-order chi connectivity index (χ0) is 20.9. The third-order valence-electron chi connectivity index (χ3n) is 4.55. The van der Waals surface area contributed by atoms with Crippen molar-refractivity contribution in [3.63, 3.8) is 0 Å². The van der Waals surface area contributed by atoms with Crippen LogP contribution in [0.3, 0.4) is 0 Å². The van der Waals surface area contributed by atoms with Gasteiger partial charge in [0, 0.05) is 24.2 Å². The average molecular weight is 403 g/mol. The van der Waals surface area contributed by atoms with Gasteiger partial charge in [-0.3, -0.25) is 24.6 Å². The molecule has 0 amide bonds. The number of rotatable bonds is 8. The van der Waals surface area contributed by atoms with Gasteiger partial charge in [0.05, 0.1) is 25.4 Å². The highest BCUT2D eigenvalue weighted by atomic mass is 16.1. The van der Waals surface area contributed by atoms with Crippen LogP contribution in [-0.4, -0.2) is 41.6 Å². The molecule has 0 unspecified atom stereocenters. The topological polar surface area (TPSA) is 96.3 Å². The van der Waals surface area contributed by atoms with E-state index in [0.29, 0.717) is 24.5 Å². The fraction of sp³-hybridized carbons (Fsp3) is 0.190. The molecule has 1 aliphatic rings. The molecule has 1 N–H and O–H groups in total. The summed E-state index contributed by atoms with van der Waals surface area (Å²) in [6.07, 6.45) is 8.40. The van der Waals surface area contributed by atoms with E-state index in [1.165, 1.54) is 0 Å². The van der Waals surface area contributed by atoms with E-state index in [9.17, 15) is 9.59 Å². The molecule has 0 saturated carbocycles. The molecule has 9 nitrogen and oxygen atoms in total. The first-order valence-corrected chi connectivity index (χ1v) is 9.47. The Kier molecular flexibility index (Phi) is 5.62. The van der Waals surface area contributed by atoms with Gasteiger partial charge in [0.15, 0.2) is 11.6 Å². The second-order valence-electron chi connectivity index (χ2n) is 6.98. The predicted octanol–water partition coefficient (Wildman–Crippen LogP) is 2.10. The van der Waals surface area contributed by atoms with Crippen LogP contribution in [0.1, 0.15) is 38.4 Å². The molecule has 1 aromatic carbocycles. The van der Waals surface area contributed by atoms with E-state index < -0.39 is 0 Å². The van der Waals surface area contributed by atoms with Crippen LogP contribution in [0.25, 0.3) is 0 Å². The van der Waals surface area contributed by atoms with E-state index in [4.69, 9.17) is 0 Å². The summed E-state index contributed by atoms with van der Waals surface area (Å²) in [6.45, 7) is 2.90. The average Bonchev–Trinajstić information content (AvgIpc) is 3.41. The molecule has 0 spiro atoms. The van der Waals surface area contributed by atoms with Crippen LogP contribution in [0.5, 0.6) is 0 Å². The van der Waals surface area contributed by atoms with Crippen molar-refractivity contribution in [1.29, 1.82) is 0 Å². The molecule has 0 saturated heterocycles. The number of ketones is 2. The smallest absolute Gasteiger partial charge is 0.188 e. The number of hydrogen-bond donors (Lipinski definition) is 1. The molecular weight excluding hydrogens is 382 g/mol. The molecule has 1 aliphatic heterocycles. The summed E-state index contributed by atoms with van der Waals surface area (Å²) in [5.41, 5.74) is 5.90. The zero-order valence-electron chi connectivity index (χ0n) is 16.5. The number of aromatic nitrogens is 4. The number of nitrogens with zero attached hydrogens (tertiary/aromatic N) is 6. The largest absolute Gasteiger partial charge is 0.294 e. The van der Waals surface area contributed by atoms with Crippen LogP contribution in [-0.2, 0) is 13.2 Å². The van der Waals surface area contributed by atoms with Crippen LogP contribution in [0.15, 0.2) is 67.4 Å². The number of nitrogens with one attached hydrogen (secondary N) is 1. The molecule has 3 aromatic rings. The highest BCUT2D eigenvalue weighted by Crippen LogP contribution is 2.14. The number of Topliss-reactive ketones (excluding diaryl/α,β-unsaturated/α-hetero) is 2. The molecule has 0 bridgehead atoms. The Labute approximate surface area is 173 Å². The lowest BCUT2D eigenvalue weighted by atomic mass is 10.0. The molecule has 2 aromatic heterocycles. The highest BCUT2D eigenvalue weighted by molar-refractivity contribution is 6.12. The summed E-state index contributed by atoms with van der Waals surface area (Å²) in [7, 11) is 0. The van der Waals surface area contributed by atoms with Crippen LogP contribution in [0.4, 0.5) is 0 Å². The van der Waals surface area contributed by atoms with E-state index in [1.807, 2.05) is 53.6 Å². The summed E-state index contributed by atoms with van der Waals surface area (Å²) >= 11 is 0. The van der Waals surface area contributed by atoms with E-state index in [2.05, 4.69) is 20.7 Å². The molecular formula is C21H21N7O2. The Balaban J connectivity index is 1.35. The van der Waals surface area contributed by atoms with Crippen molar-refractivity contribution in [1.82, 2.24) is 35.5 Å². The highest BCUT2D eigenvalue weighted by Gasteiger charge is 2.17. The number of aryl methyl sites for hydroxylation is 1. The number of pyridine rings is 1. The van der Waals surface area contributed by atoms with Crippen molar-refractivity contribution in [2.45, 2.75) is 26.6 Å². The van der Waals surface area contributed by atoms with Crippen molar-refractivity contribution in [2.24, 2.45) is 0 Å². The van der Waals surface area contributed by atoms with Crippen molar-refractivity contribution in [2.75, 3.05) is 0 Å². The second-order valence-corrected chi connectivity index (χ2v) is 6.98. The number of benzene rings is 1. The molecule has 0 aliphatic carbocycles. The molecule has 0 radical (unpaired) electrons. The lowest BCUT2D eigenvalue weighted by Gasteiger charge is -2.22. The maximum absolute atomic E-state index is 12.6. The van der Waals surface area contributed by atoms with Crippen molar-refractivity contribution < 1.29 is 9.59 Å². The predicted molar refractivity (Wildman–Crippen MR) is 108 cm³/mol. The molecule has 0 fully saturated rings. The maximum atomic E-state index is 12.6. The van der Waals surface area contributed by atoms with Gasteiger partial charge in [-0.15, -0.1) is 5.53 Å². The van der Waals surface area contributed by atoms with Gasteiger partial charge in [-0.2, -0.15) is 15.0 Å². The lowest BCUT2D eigenvalue weighted by Crippen LogP contribution is -2.40. The Morgan fingerprint density at radius 3 is 2.57 bits per heavy atom. The maximum Gasteiger partial charge on any atom is 0.188 e. The van der Waals surface area contributed by atoms with E-state index in [-0.39, 0.29) is 18.0 Å². The first kappa shape index (κ1) is 19.5. The van der Waals surface area contributed by atoms with Gasteiger partial charge >= 0.3 is 0 Å². The fourth-order valence-electron chi connectivity index (χ4n) is 3.08. The molecule has 0 atom stereocenters. The van der Waals surface area contributed by atoms with Crippen LogP contribution >= 0.6 is 0 Å². The quantitative estimate of drug-likeness (QED) is 0.451. The molecule has 3 heterocycles. The SMILES string of the molecule is Cc1ccnc(C(=O)CC(=O)c2cccc(CN3C=CN(Cn4nccn4)N3)c2)c1. The van der Waals surface area contributed by atoms with E-state index in [0.717, 1.165) is 11.1 Å². The second kappa shape index (κ2) is 8.66. The van der Waals surface area contributed by atoms with Crippen molar-refractivity contribution in [3.8, 4) is 0 Å². The van der Waals surface area contributed by atoms with Gasteiger partial charge < -0.3 is 0 Å². The number of carbonyl (C=O) groups is 2.